The Balaban J connectivity index is 1.14. The number of nitrogens with zero attached hydrogens (tertiary/aromatic N) is 6. The van der Waals surface area contributed by atoms with Crippen molar-refractivity contribution in [2.75, 3.05) is 53.1 Å². The summed E-state index contributed by atoms with van der Waals surface area (Å²) in [5.41, 5.74) is 5.48. The Bertz CT molecular complexity index is 2270. The topological polar surface area (TPSA) is 131 Å². The van der Waals surface area contributed by atoms with E-state index in [2.05, 4.69) is 22.2 Å². The molecule has 0 radical (unpaired) electrons. The molecule has 296 valence electrons. The molecule has 0 aliphatic rings. The third-order valence-corrected chi connectivity index (χ3v) is 9.73. The number of benzene rings is 4. The number of aromatic nitrogens is 3. The average molecular weight is 769 g/mol. The number of likely N-dealkylation sites (N-methyl/N-ethyl adjacent to an activating group) is 2. The second kappa shape index (κ2) is 18.7. The first kappa shape index (κ1) is 40.6. The molecule has 2 aromatic heterocycles. The highest BCUT2D eigenvalue weighted by molar-refractivity contribution is 5.96. The first-order chi connectivity index (χ1) is 27.6. The normalized spacial score (nSPS) is 12.5. The fourth-order valence-corrected chi connectivity index (χ4v) is 7.13. The van der Waals surface area contributed by atoms with Crippen LogP contribution in [0.5, 0.6) is 0 Å². The molecule has 3 amide bonds. The molecular weight excluding hydrogens is 717 g/mol. The number of carbonyl (C=O) groups excluding carboxylic acids is 3. The van der Waals surface area contributed by atoms with Crippen LogP contribution in [0, 0.1) is 0 Å². The lowest BCUT2D eigenvalue weighted by atomic mass is 10.0. The number of rotatable bonds is 17. The van der Waals surface area contributed by atoms with Gasteiger partial charge in [-0.2, -0.15) is 0 Å². The van der Waals surface area contributed by atoms with E-state index in [1.54, 1.807) is 17.2 Å². The molecule has 0 spiro atoms. The SMILES string of the molecule is CCCN(CC(=O)Nc1cccc(-c2cnc(-c3ccc4nc(CN(CCC)C(=O)[C@@H](c5ccccc5)N(C)C)[nH]c4c3)o2)c1)C(=O)[C@@H](c1ccccc1)N(C)C. The zero-order valence-electron chi connectivity index (χ0n) is 33.6. The molecule has 0 bridgehead atoms. The number of H-pyrrole nitrogens is 1. The minimum atomic E-state index is -0.501. The monoisotopic (exact) mass is 768 g/mol. The first-order valence-corrected chi connectivity index (χ1v) is 19.4. The Labute approximate surface area is 334 Å². The molecule has 12 heteroatoms. The fourth-order valence-electron chi connectivity index (χ4n) is 7.13. The third-order valence-electron chi connectivity index (χ3n) is 9.73. The van der Waals surface area contributed by atoms with Crippen molar-refractivity contribution in [3.8, 4) is 22.8 Å². The molecule has 6 aromatic rings. The number of nitrogens with one attached hydrogen (secondary N) is 2. The zero-order valence-corrected chi connectivity index (χ0v) is 33.6. The van der Waals surface area contributed by atoms with Crippen molar-refractivity contribution in [1.82, 2.24) is 34.6 Å². The predicted molar refractivity (Wildman–Crippen MR) is 224 cm³/mol. The number of amides is 3. The molecule has 0 unspecified atom stereocenters. The van der Waals surface area contributed by atoms with E-state index >= 15 is 0 Å². The maximum Gasteiger partial charge on any atom is 0.244 e. The summed E-state index contributed by atoms with van der Waals surface area (Å²) in [6.45, 7) is 5.39. The van der Waals surface area contributed by atoms with Gasteiger partial charge in [0.25, 0.3) is 0 Å². The van der Waals surface area contributed by atoms with Crippen LogP contribution in [0.2, 0.25) is 0 Å². The lowest BCUT2D eigenvalue weighted by Gasteiger charge is -2.30. The Hall–Kier alpha value is -6.11. The number of anilines is 1. The van der Waals surface area contributed by atoms with Gasteiger partial charge in [-0.25, -0.2) is 9.97 Å². The summed E-state index contributed by atoms with van der Waals surface area (Å²) < 4.78 is 6.24. The van der Waals surface area contributed by atoms with Gasteiger partial charge in [0, 0.05) is 29.9 Å². The van der Waals surface area contributed by atoms with Crippen molar-refractivity contribution in [1.29, 1.82) is 0 Å². The zero-order chi connectivity index (χ0) is 40.5. The highest BCUT2D eigenvalue weighted by atomic mass is 16.4. The van der Waals surface area contributed by atoms with E-state index in [4.69, 9.17) is 9.40 Å². The van der Waals surface area contributed by atoms with Crippen LogP contribution in [-0.4, -0.2) is 100 Å². The van der Waals surface area contributed by atoms with Crippen molar-refractivity contribution >= 4 is 34.4 Å². The molecule has 0 saturated heterocycles. The van der Waals surface area contributed by atoms with Gasteiger partial charge in [-0.1, -0.05) is 86.6 Å². The molecule has 2 N–H and O–H groups in total. The van der Waals surface area contributed by atoms with E-state index in [1.807, 2.05) is 147 Å². The minimum Gasteiger partial charge on any atom is -0.436 e. The van der Waals surface area contributed by atoms with E-state index in [0.29, 0.717) is 42.8 Å². The van der Waals surface area contributed by atoms with Crippen molar-refractivity contribution < 1.29 is 18.8 Å². The van der Waals surface area contributed by atoms with Gasteiger partial charge >= 0.3 is 0 Å². The van der Waals surface area contributed by atoms with Gasteiger partial charge in [0.2, 0.25) is 23.6 Å². The smallest absolute Gasteiger partial charge is 0.244 e. The van der Waals surface area contributed by atoms with Crippen LogP contribution in [-0.2, 0) is 20.9 Å². The van der Waals surface area contributed by atoms with Crippen molar-refractivity contribution in [3.63, 3.8) is 0 Å². The van der Waals surface area contributed by atoms with Crippen LogP contribution in [0.1, 0.15) is 55.7 Å². The van der Waals surface area contributed by atoms with Crippen LogP contribution >= 0.6 is 0 Å². The molecule has 0 aliphatic heterocycles. The van der Waals surface area contributed by atoms with Gasteiger partial charge in [0.05, 0.1) is 30.3 Å². The molecule has 4 aromatic carbocycles. The van der Waals surface area contributed by atoms with E-state index < -0.39 is 12.1 Å². The van der Waals surface area contributed by atoms with E-state index in [9.17, 15) is 14.4 Å². The van der Waals surface area contributed by atoms with Crippen LogP contribution in [0.4, 0.5) is 5.69 Å². The number of hydrogen-bond acceptors (Lipinski definition) is 8. The Morgan fingerprint density at radius 3 is 1.95 bits per heavy atom. The summed E-state index contributed by atoms with van der Waals surface area (Å²) in [6.07, 6.45) is 3.20. The lowest BCUT2D eigenvalue weighted by molar-refractivity contribution is -0.139. The third kappa shape index (κ3) is 9.83. The maximum atomic E-state index is 13.9. The molecule has 0 saturated carbocycles. The Morgan fingerprint density at radius 2 is 1.33 bits per heavy atom. The van der Waals surface area contributed by atoms with Crippen molar-refractivity contribution in [2.24, 2.45) is 0 Å². The molecule has 0 fully saturated rings. The van der Waals surface area contributed by atoms with Gasteiger partial charge < -0.3 is 24.5 Å². The first-order valence-electron chi connectivity index (χ1n) is 19.4. The van der Waals surface area contributed by atoms with E-state index in [0.717, 1.165) is 46.1 Å². The molecule has 57 heavy (non-hydrogen) atoms. The summed E-state index contributed by atoms with van der Waals surface area (Å²) >= 11 is 0. The summed E-state index contributed by atoms with van der Waals surface area (Å²) in [5, 5.41) is 2.97. The highest BCUT2D eigenvalue weighted by Crippen LogP contribution is 2.30. The molecule has 6 rings (SSSR count). The highest BCUT2D eigenvalue weighted by Gasteiger charge is 2.30. The quantitative estimate of drug-likeness (QED) is 0.0982. The van der Waals surface area contributed by atoms with Crippen LogP contribution < -0.4 is 5.32 Å². The fraction of sp³-hybridized carbons (Fsp3) is 0.311. The number of imidazole rings is 1. The lowest BCUT2D eigenvalue weighted by Crippen LogP contribution is -2.44. The second-order valence-electron chi connectivity index (χ2n) is 14.6. The Morgan fingerprint density at radius 1 is 0.719 bits per heavy atom. The van der Waals surface area contributed by atoms with Gasteiger partial charge in [0.15, 0.2) is 5.76 Å². The van der Waals surface area contributed by atoms with Gasteiger partial charge in [-0.15, -0.1) is 0 Å². The van der Waals surface area contributed by atoms with Crippen LogP contribution in [0.3, 0.4) is 0 Å². The summed E-state index contributed by atoms with van der Waals surface area (Å²) in [7, 11) is 7.58. The van der Waals surface area contributed by atoms with Gasteiger partial charge in [0.1, 0.15) is 17.9 Å². The molecule has 12 nitrogen and oxygen atoms in total. The maximum absolute atomic E-state index is 13.9. The van der Waals surface area contributed by atoms with Gasteiger partial charge in [-0.3, -0.25) is 24.2 Å². The van der Waals surface area contributed by atoms with E-state index in [-0.39, 0.29) is 24.3 Å². The largest absolute Gasteiger partial charge is 0.436 e. The Kier molecular flexibility index (Phi) is 13.3. The second-order valence-corrected chi connectivity index (χ2v) is 14.6. The standard InChI is InChI=1S/C45H52N8O4/c1-7-24-52(44(55)41(50(3)4)31-16-11-9-12-17-31)29-39-48-36-23-22-34(27-37(36)49-39)43-46-28-38(57-43)33-20-15-21-35(26-33)47-40(54)30-53(25-8-2)45(56)42(51(5)6)32-18-13-10-14-19-32/h9-23,26-28,41-42H,7-8,24-25,29-30H2,1-6H3,(H,47,54)(H,48,49)/t41-,42-/m1/s1. The summed E-state index contributed by atoms with van der Waals surface area (Å²) in [4.78, 5) is 61.1. The summed E-state index contributed by atoms with van der Waals surface area (Å²) in [5.74, 6) is 1.27. The molecule has 0 aliphatic carbocycles. The molecule has 2 atom stereocenters. The van der Waals surface area contributed by atoms with Crippen molar-refractivity contribution in [2.45, 2.75) is 45.3 Å². The predicted octanol–water partition coefficient (Wildman–Crippen LogP) is 7.41. The average Bonchev–Trinajstić information content (AvgIpc) is 3.86. The number of carbonyl (C=O) groups is 3. The molecule has 2 heterocycles. The minimum absolute atomic E-state index is 0.0238. The van der Waals surface area contributed by atoms with Gasteiger partial charge in [-0.05, 0) is 82.5 Å². The molecular formula is C45H52N8O4. The van der Waals surface area contributed by atoms with Crippen molar-refractivity contribution in [3.05, 3.63) is 126 Å². The number of hydrogen-bond donors (Lipinski definition) is 2. The van der Waals surface area contributed by atoms with Crippen LogP contribution in [0.15, 0.2) is 114 Å². The van der Waals surface area contributed by atoms with Crippen LogP contribution in [0.25, 0.3) is 33.8 Å². The number of aromatic amines is 1. The number of fused-ring (bicyclic) bond motifs is 1. The summed E-state index contributed by atoms with van der Waals surface area (Å²) in [6, 6.07) is 31.7. The number of oxazole rings is 1. The van der Waals surface area contributed by atoms with E-state index in [1.165, 1.54) is 0 Å².